The summed E-state index contributed by atoms with van der Waals surface area (Å²) in [7, 11) is 3.54. The molecule has 30 heavy (non-hydrogen) atoms. The zero-order chi connectivity index (χ0) is 21.3. The molecule has 0 unspecified atom stereocenters. The molecule has 1 amide bonds. The van der Waals surface area contributed by atoms with Crippen LogP contribution in [0.15, 0.2) is 48.8 Å². The Labute approximate surface area is 179 Å². The summed E-state index contributed by atoms with van der Waals surface area (Å²) in [6.45, 7) is 7.63. The summed E-state index contributed by atoms with van der Waals surface area (Å²) in [6, 6.07) is 13.1. The molecule has 5 nitrogen and oxygen atoms in total. The van der Waals surface area contributed by atoms with Crippen molar-refractivity contribution in [3.63, 3.8) is 0 Å². The number of amides is 1. The van der Waals surface area contributed by atoms with E-state index < -0.39 is 0 Å². The molecular weight excluding hydrogens is 372 g/mol. The molecule has 0 atom stereocenters. The van der Waals surface area contributed by atoms with Crippen LogP contribution in [0.3, 0.4) is 0 Å². The number of fused-ring (bicyclic) bond motifs is 1. The summed E-state index contributed by atoms with van der Waals surface area (Å²) in [4.78, 5) is 20.8. The monoisotopic (exact) mass is 404 g/mol. The van der Waals surface area contributed by atoms with Crippen LogP contribution in [0.5, 0.6) is 0 Å². The topological polar surface area (TPSA) is 41.4 Å². The molecule has 5 heteroatoms. The van der Waals surface area contributed by atoms with Crippen LogP contribution < -0.4 is 0 Å². The second kappa shape index (κ2) is 8.60. The SMILES string of the molecule is CC(C)n1cc(CN2CCC(c3ccc(C(=O)N(C)C)cn3)CC2)c2ccccc21. The molecule has 0 radical (unpaired) electrons. The molecule has 0 spiro atoms. The summed E-state index contributed by atoms with van der Waals surface area (Å²) in [5, 5.41) is 1.37. The van der Waals surface area contributed by atoms with Crippen molar-refractivity contribution in [3.05, 3.63) is 65.6 Å². The van der Waals surface area contributed by atoms with Gasteiger partial charge in [0.15, 0.2) is 0 Å². The average Bonchev–Trinajstić information content (AvgIpc) is 3.13. The van der Waals surface area contributed by atoms with Crippen LogP contribution >= 0.6 is 0 Å². The van der Waals surface area contributed by atoms with E-state index in [-0.39, 0.29) is 5.91 Å². The third kappa shape index (κ3) is 4.12. The first-order valence-electron chi connectivity index (χ1n) is 10.9. The minimum atomic E-state index is 0.00410. The Morgan fingerprint density at radius 1 is 1.13 bits per heavy atom. The van der Waals surface area contributed by atoms with Crippen LogP contribution in [0.2, 0.25) is 0 Å². The maximum absolute atomic E-state index is 12.1. The number of rotatable bonds is 5. The van der Waals surface area contributed by atoms with Gasteiger partial charge in [-0.3, -0.25) is 14.7 Å². The van der Waals surface area contributed by atoms with E-state index in [1.54, 1.807) is 25.2 Å². The molecule has 3 aromatic rings. The van der Waals surface area contributed by atoms with E-state index in [2.05, 4.69) is 58.8 Å². The maximum atomic E-state index is 12.1. The molecule has 2 aromatic heterocycles. The molecule has 158 valence electrons. The highest BCUT2D eigenvalue weighted by molar-refractivity contribution is 5.93. The van der Waals surface area contributed by atoms with Gasteiger partial charge >= 0.3 is 0 Å². The number of carbonyl (C=O) groups excluding carboxylic acids is 1. The minimum Gasteiger partial charge on any atom is -0.345 e. The fraction of sp³-hybridized carbons (Fsp3) is 0.440. The number of para-hydroxylation sites is 1. The molecule has 1 aromatic carbocycles. The third-order valence-corrected chi connectivity index (χ3v) is 6.22. The molecule has 4 rings (SSSR count). The predicted octanol–water partition coefficient (Wildman–Crippen LogP) is 4.70. The standard InChI is InChI=1S/C25H32N4O/c1-18(2)29-17-21(22-7-5-6-8-24(22)29)16-28-13-11-19(12-14-28)23-10-9-20(15-26-23)25(30)27(3)4/h5-10,15,17-19H,11-14,16H2,1-4H3. The van der Waals surface area contributed by atoms with E-state index >= 15 is 0 Å². The maximum Gasteiger partial charge on any atom is 0.254 e. The van der Waals surface area contributed by atoms with Crippen molar-refractivity contribution < 1.29 is 4.79 Å². The van der Waals surface area contributed by atoms with Gasteiger partial charge in [-0.25, -0.2) is 0 Å². The Morgan fingerprint density at radius 2 is 1.87 bits per heavy atom. The van der Waals surface area contributed by atoms with Gasteiger partial charge in [0.25, 0.3) is 5.91 Å². The lowest BCUT2D eigenvalue weighted by Crippen LogP contribution is -2.32. The summed E-state index contributed by atoms with van der Waals surface area (Å²) in [6.07, 6.45) is 6.28. The van der Waals surface area contributed by atoms with E-state index in [9.17, 15) is 4.79 Å². The number of piperidine rings is 1. The highest BCUT2D eigenvalue weighted by atomic mass is 16.2. The van der Waals surface area contributed by atoms with Crippen molar-refractivity contribution in [2.45, 2.75) is 45.2 Å². The number of aromatic nitrogens is 2. The summed E-state index contributed by atoms with van der Waals surface area (Å²) < 4.78 is 2.39. The number of benzene rings is 1. The molecule has 0 bridgehead atoms. The molecule has 1 fully saturated rings. The van der Waals surface area contributed by atoms with Crippen molar-refractivity contribution in [1.82, 2.24) is 19.4 Å². The van der Waals surface area contributed by atoms with Gasteiger partial charge in [-0.1, -0.05) is 18.2 Å². The fourth-order valence-electron chi connectivity index (χ4n) is 4.49. The summed E-state index contributed by atoms with van der Waals surface area (Å²) in [5.41, 5.74) is 4.51. The number of nitrogens with zero attached hydrogens (tertiary/aromatic N) is 4. The van der Waals surface area contributed by atoms with E-state index in [0.29, 0.717) is 17.5 Å². The van der Waals surface area contributed by atoms with Crippen LogP contribution in [0.25, 0.3) is 10.9 Å². The normalized spacial score (nSPS) is 15.8. The van der Waals surface area contributed by atoms with Gasteiger partial charge in [-0.05, 0) is 63.5 Å². The van der Waals surface area contributed by atoms with Crippen molar-refractivity contribution in [3.8, 4) is 0 Å². The van der Waals surface area contributed by atoms with E-state index in [1.165, 1.54) is 16.5 Å². The Bertz CT molecular complexity index is 1010. The van der Waals surface area contributed by atoms with Crippen LogP contribution in [-0.4, -0.2) is 52.4 Å². The Balaban J connectivity index is 1.41. The second-order valence-corrected chi connectivity index (χ2v) is 8.89. The molecule has 1 aliphatic heterocycles. The first kappa shape index (κ1) is 20.6. The van der Waals surface area contributed by atoms with Crippen LogP contribution in [-0.2, 0) is 6.54 Å². The first-order chi connectivity index (χ1) is 14.4. The molecule has 0 N–H and O–H groups in total. The smallest absolute Gasteiger partial charge is 0.254 e. The van der Waals surface area contributed by atoms with Gasteiger partial charge in [0.05, 0.1) is 5.56 Å². The Hall–Kier alpha value is -2.66. The number of hydrogen-bond acceptors (Lipinski definition) is 3. The van der Waals surface area contributed by atoms with E-state index in [4.69, 9.17) is 0 Å². The van der Waals surface area contributed by atoms with E-state index in [1.807, 2.05) is 12.1 Å². The van der Waals surface area contributed by atoms with Crippen molar-refractivity contribution in [1.29, 1.82) is 0 Å². The van der Waals surface area contributed by atoms with Crippen molar-refractivity contribution in [2.24, 2.45) is 0 Å². The van der Waals surface area contributed by atoms with E-state index in [0.717, 1.165) is 38.2 Å². The van der Waals surface area contributed by atoms with Gasteiger partial charge in [0.1, 0.15) is 0 Å². The summed E-state index contributed by atoms with van der Waals surface area (Å²) >= 11 is 0. The lowest BCUT2D eigenvalue weighted by molar-refractivity contribution is 0.0827. The lowest BCUT2D eigenvalue weighted by Gasteiger charge is -2.31. The quantitative estimate of drug-likeness (QED) is 0.619. The largest absolute Gasteiger partial charge is 0.345 e. The zero-order valence-corrected chi connectivity index (χ0v) is 18.5. The predicted molar refractivity (Wildman–Crippen MR) is 122 cm³/mol. The van der Waals surface area contributed by atoms with Gasteiger partial charge in [-0.2, -0.15) is 0 Å². The number of carbonyl (C=O) groups is 1. The fourth-order valence-corrected chi connectivity index (χ4v) is 4.49. The Morgan fingerprint density at radius 3 is 2.50 bits per heavy atom. The molecular formula is C25H32N4O. The molecule has 3 heterocycles. The van der Waals surface area contributed by atoms with Crippen molar-refractivity contribution in [2.75, 3.05) is 27.2 Å². The zero-order valence-electron chi connectivity index (χ0n) is 18.5. The molecule has 1 aliphatic rings. The van der Waals surface area contributed by atoms with Crippen LogP contribution in [0, 0.1) is 0 Å². The van der Waals surface area contributed by atoms with Gasteiger partial charge in [-0.15, -0.1) is 0 Å². The van der Waals surface area contributed by atoms with Gasteiger partial charge in [0, 0.05) is 61.6 Å². The molecule has 0 saturated carbocycles. The lowest BCUT2D eigenvalue weighted by atomic mass is 9.92. The second-order valence-electron chi connectivity index (χ2n) is 8.89. The summed E-state index contributed by atoms with van der Waals surface area (Å²) in [5.74, 6) is 0.478. The number of hydrogen-bond donors (Lipinski definition) is 0. The average molecular weight is 405 g/mol. The van der Waals surface area contributed by atoms with Crippen molar-refractivity contribution >= 4 is 16.8 Å². The Kier molecular flexibility index (Phi) is 5.91. The highest BCUT2D eigenvalue weighted by Crippen LogP contribution is 2.30. The molecule has 1 saturated heterocycles. The van der Waals surface area contributed by atoms with Gasteiger partial charge in [0.2, 0.25) is 0 Å². The van der Waals surface area contributed by atoms with Crippen LogP contribution in [0.1, 0.15) is 60.3 Å². The van der Waals surface area contributed by atoms with Gasteiger partial charge < -0.3 is 9.47 Å². The minimum absolute atomic E-state index is 0.00410. The molecule has 0 aliphatic carbocycles. The number of pyridine rings is 1. The highest BCUT2D eigenvalue weighted by Gasteiger charge is 2.23. The van der Waals surface area contributed by atoms with Crippen LogP contribution in [0.4, 0.5) is 0 Å². The number of likely N-dealkylation sites (tertiary alicyclic amines) is 1. The third-order valence-electron chi connectivity index (χ3n) is 6.22. The first-order valence-corrected chi connectivity index (χ1v) is 10.9.